The first-order valence-corrected chi connectivity index (χ1v) is 7.67. The van der Waals surface area contributed by atoms with E-state index < -0.39 is 12.0 Å². The molecule has 1 amide bonds. The Hall–Kier alpha value is -1.46. The number of carbonyl (C=O) groups excluding carboxylic acids is 2. The number of carbonyl (C=O) groups is 2. The molecule has 1 unspecified atom stereocenters. The van der Waals surface area contributed by atoms with E-state index in [4.69, 9.17) is 32.7 Å². The van der Waals surface area contributed by atoms with Gasteiger partial charge in [0.25, 0.3) is 5.91 Å². The Morgan fingerprint density at radius 3 is 2.36 bits per heavy atom. The molecule has 1 heterocycles. The van der Waals surface area contributed by atoms with Crippen molar-refractivity contribution < 1.29 is 19.1 Å². The van der Waals surface area contributed by atoms with Gasteiger partial charge < -0.3 is 14.4 Å². The third kappa shape index (κ3) is 3.31. The molecular formula is C15H17Cl2NO4. The molecule has 1 aliphatic heterocycles. The average molecular weight is 346 g/mol. The van der Waals surface area contributed by atoms with Crippen molar-refractivity contribution >= 4 is 35.1 Å². The maximum atomic E-state index is 12.7. The molecule has 0 aliphatic carbocycles. The number of ether oxygens (including phenoxy) is 2. The number of rotatable bonds is 3. The Morgan fingerprint density at radius 2 is 1.82 bits per heavy atom. The number of hydrogen-bond acceptors (Lipinski definition) is 4. The van der Waals surface area contributed by atoms with Crippen LogP contribution in [0.5, 0.6) is 5.75 Å². The van der Waals surface area contributed by atoms with E-state index in [0.29, 0.717) is 24.3 Å². The fourth-order valence-electron chi connectivity index (χ4n) is 2.60. The minimum absolute atomic E-state index is 0.255. The first kappa shape index (κ1) is 16.9. The predicted octanol–water partition coefficient (Wildman–Crippen LogP) is 3.17. The molecule has 1 aromatic rings. The van der Waals surface area contributed by atoms with Crippen molar-refractivity contribution in [2.75, 3.05) is 20.8 Å². The molecule has 1 aromatic carbocycles. The standard InChI is InChI=1S/C15H17Cl2NO4/c1-21-13-10(16)7-9(8-11(13)17)14(19)18-6-4-3-5-12(18)15(20)22-2/h7-8,12H,3-6H2,1-2H3. The molecule has 0 N–H and O–H groups in total. The molecule has 5 nitrogen and oxygen atoms in total. The van der Waals surface area contributed by atoms with Crippen LogP contribution in [0, 0.1) is 0 Å². The minimum atomic E-state index is -0.564. The minimum Gasteiger partial charge on any atom is -0.494 e. The normalized spacial score (nSPS) is 18.0. The number of piperidine rings is 1. The van der Waals surface area contributed by atoms with Crippen molar-refractivity contribution in [3.63, 3.8) is 0 Å². The van der Waals surface area contributed by atoms with Gasteiger partial charge in [0.1, 0.15) is 6.04 Å². The predicted molar refractivity (Wildman–Crippen MR) is 83.7 cm³/mol. The number of benzene rings is 1. The van der Waals surface area contributed by atoms with Gasteiger partial charge in [-0.15, -0.1) is 0 Å². The molecular weight excluding hydrogens is 329 g/mol. The Balaban J connectivity index is 2.31. The van der Waals surface area contributed by atoms with Gasteiger partial charge in [-0.05, 0) is 31.4 Å². The van der Waals surface area contributed by atoms with Gasteiger partial charge in [0.2, 0.25) is 0 Å². The first-order valence-electron chi connectivity index (χ1n) is 6.91. The zero-order valence-corrected chi connectivity index (χ0v) is 13.9. The summed E-state index contributed by atoms with van der Waals surface area (Å²) in [5, 5.41) is 0.509. The number of methoxy groups -OCH3 is 2. The zero-order valence-electron chi connectivity index (χ0n) is 12.4. The summed E-state index contributed by atoms with van der Waals surface area (Å²) in [6.45, 7) is 0.500. The lowest BCUT2D eigenvalue weighted by molar-refractivity contribution is -0.147. The highest BCUT2D eigenvalue weighted by molar-refractivity contribution is 6.37. The van der Waals surface area contributed by atoms with Gasteiger partial charge in [0, 0.05) is 12.1 Å². The third-order valence-corrected chi connectivity index (χ3v) is 4.25. The van der Waals surface area contributed by atoms with Crippen molar-refractivity contribution in [2.24, 2.45) is 0 Å². The molecule has 0 radical (unpaired) electrons. The van der Waals surface area contributed by atoms with Crippen LogP contribution in [0.2, 0.25) is 10.0 Å². The quantitative estimate of drug-likeness (QED) is 0.789. The largest absolute Gasteiger partial charge is 0.494 e. The van der Waals surface area contributed by atoms with E-state index in [1.807, 2.05) is 0 Å². The lowest BCUT2D eigenvalue weighted by Crippen LogP contribution is -2.48. The zero-order chi connectivity index (χ0) is 16.3. The smallest absolute Gasteiger partial charge is 0.328 e. The van der Waals surface area contributed by atoms with E-state index in [1.54, 1.807) is 0 Å². The van der Waals surface area contributed by atoms with Crippen LogP contribution in [0.25, 0.3) is 0 Å². The summed E-state index contributed by atoms with van der Waals surface area (Å²) in [7, 11) is 2.77. The van der Waals surface area contributed by atoms with Gasteiger partial charge in [-0.25, -0.2) is 4.79 Å². The van der Waals surface area contributed by atoms with Crippen LogP contribution in [0.15, 0.2) is 12.1 Å². The summed E-state index contributed by atoms with van der Waals surface area (Å²) in [5.41, 5.74) is 0.326. The van der Waals surface area contributed by atoms with Crippen molar-refractivity contribution in [2.45, 2.75) is 25.3 Å². The van der Waals surface area contributed by atoms with Crippen LogP contribution in [-0.2, 0) is 9.53 Å². The topological polar surface area (TPSA) is 55.8 Å². The van der Waals surface area contributed by atoms with E-state index in [1.165, 1.54) is 31.3 Å². The van der Waals surface area contributed by atoms with Crippen LogP contribution in [0.1, 0.15) is 29.6 Å². The Labute approximate surface area is 139 Å². The monoisotopic (exact) mass is 345 g/mol. The van der Waals surface area contributed by atoms with Gasteiger partial charge in [-0.2, -0.15) is 0 Å². The lowest BCUT2D eigenvalue weighted by Gasteiger charge is -2.33. The van der Waals surface area contributed by atoms with E-state index in [9.17, 15) is 9.59 Å². The van der Waals surface area contributed by atoms with Crippen LogP contribution in [0.3, 0.4) is 0 Å². The average Bonchev–Trinajstić information content (AvgIpc) is 2.53. The molecule has 1 fully saturated rings. The maximum Gasteiger partial charge on any atom is 0.328 e. The SMILES string of the molecule is COC(=O)C1CCCCN1C(=O)c1cc(Cl)c(OC)c(Cl)c1. The number of nitrogens with zero attached hydrogens (tertiary/aromatic N) is 1. The molecule has 22 heavy (non-hydrogen) atoms. The van der Waals surface area contributed by atoms with Crippen LogP contribution in [0.4, 0.5) is 0 Å². The third-order valence-electron chi connectivity index (χ3n) is 3.69. The molecule has 1 saturated heterocycles. The Kier molecular flexibility index (Phi) is 5.53. The van der Waals surface area contributed by atoms with Crippen molar-refractivity contribution in [1.82, 2.24) is 4.90 Å². The fourth-order valence-corrected chi connectivity index (χ4v) is 3.24. The second-order valence-electron chi connectivity index (χ2n) is 5.01. The molecule has 0 saturated carbocycles. The molecule has 7 heteroatoms. The number of amides is 1. The molecule has 1 atom stereocenters. The Morgan fingerprint density at radius 1 is 1.18 bits per heavy atom. The molecule has 1 aliphatic rings. The summed E-state index contributed by atoms with van der Waals surface area (Å²) in [5.74, 6) is -0.372. The van der Waals surface area contributed by atoms with Crippen LogP contribution >= 0.6 is 23.2 Å². The molecule has 0 aromatic heterocycles. The van der Waals surface area contributed by atoms with E-state index in [0.717, 1.165) is 12.8 Å². The summed E-state index contributed by atoms with van der Waals surface area (Å²) < 4.78 is 9.85. The van der Waals surface area contributed by atoms with Gasteiger partial charge in [-0.1, -0.05) is 23.2 Å². The van der Waals surface area contributed by atoms with Gasteiger partial charge in [0.15, 0.2) is 5.75 Å². The highest BCUT2D eigenvalue weighted by Gasteiger charge is 2.33. The Bertz CT molecular complexity index is 568. The highest BCUT2D eigenvalue weighted by atomic mass is 35.5. The summed E-state index contributed by atoms with van der Waals surface area (Å²) in [4.78, 5) is 26.1. The molecule has 2 rings (SSSR count). The fraction of sp³-hybridized carbons (Fsp3) is 0.467. The molecule has 120 valence electrons. The summed E-state index contributed by atoms with van der Waals surface area (Å²) >= 11 is 12.1. The summed E-state index contributed by atoms with van der Waals surface area (Å²) in [6, 6.07) is 2.43. The number of halogens is 2. The van der Waals surface area contributed by atoms with E-state index in [2.05, 4.69) is 0 Å². The lowest BCUT2D eigenvalue weighted by atomic mass is 10.0. The molecule has 0 spiro atoms. The first-order chi connectivity index (χ1) is 10.5. The number of likely N-dealkylation sites (tertiary alicyclic amines) is 1. The van der Waals surface area contributed by atoms with Crippen LogP contribution < -0.4 is 4.74 Å². The summed E-state index contributed by atoms with van der Waals surface area (Å²) in [6.07, 6.45) is 2.32. The van der Waals surface area contributed by atoms with E-state index >= 15 is 0 Å². The maximum absolute atomic E-state index is 12.7. The second kappa shape index (κ2) is 7.20. The van der Waals surface area contributed by atoms with Gasteiger partial charge >= 0.3 is 5.97 Å². The van der Waals surface area contributed by atoms with Crippen LogP contribution in [-0.4, -0.2) is 43.6 Å². The van der Waals surface area contributed by atoms with Gasteiger partial charge in [-0.3, -0.25) is 4.79 Å². The van der Waals surface area contributed by atoms with Crippen molar-refractivity contribution in [1.29, 1.82) is 0 Å². The molecule has 0 bridgehead atoms. The second-order valence-corrected chi connectivity index (χ2v) is 5.82. The highest BCUT2D eigenvalue weighted by Crippen LogP contribution is 2.34. The number of hydrogen-bond donors (Lipinski definition) is 0. The van der Waals surface area contributed by atoms with Crippen molar-refractivity contribution in [3.05, 3.63) is 27.7 Å². The van der Waals surface area contributed by atoms with Gasteiger partial charge in [0.05, 0.1) is 24.3 Å². The number of esters is 1. The van der Waals surface area contributed by atoms with Crippen molar-refractivity contribution in [3.8, 4) is 5.75 Å². The van der Waals surface area contributed by atoms with E-state index in [-0.39, 0.29) is 16.0 Å².